The number of nitrogens with one attached hydrogen (secondary N) is 2. The summed E-state index contributed by atoms with van der Waals surface area (Å²) in [6, 6.07) is 0. The van der Waals surface area contributed by atoms with Crippen molar-refractivity contribution >= 4 is 5.91 Å². The third-order valence-corrected chi connectivity index (χ3v) is 2.94. The lowest BCUT2D eigenvalue weighted by molar-refractivity contribution is -0.122. The van der Waals surface area contributed by atoms with E-state index in [0.29, 0.717) is 18.8 Å². The molecule has 88 valence electrons. The predicted octanol–water partition coefficient (Wildman–Crippen LogP) is -0.523. The third kappa shape index (κ3) is 2.75. The van der Waals surface area contributed by atoms with Crippen molar-refractivity contribution in [1.29, 1.82) is 0 Å². The summed E-state index contributed by atoms with van der Waals surface area (Å²) in [5, 5.41) is 16.0. The van der Waals surface area contributed by atoms with E-state index in [1.807, 2.05) is 0 Å². The van der Waals surface area contributed by atoms with Crippen LogP contribution in [0.25, 0.3) is 0 Å². The highest BCUT2D eigenvalue weighted by atomic mass is 16.1. The van der Waals surface area contributed by atoms with Crippen LogP contribution in [0, 0.1) is 0 Å². The quantitative estimate of drug-likeness (QED) is 0.637. The Morgan fingerprint density at radius 3 is 2.88 bits per heavy atom. The van der Waals surface area contributed by atoms with E-state index >= 15 is 0 Å². The second-order valence-electron chi connectivity index (χ2n) is 4.35. The summed E-state index contributed by atoms with van der Waals surface area (Å²) in [5.41, 5.74) is 5.79. The van der Waals surface area contributed by atoms with Gasteiger partial charge in [0.25, 0.3) is 0 Å². The molecule has 0 atom stereocenters. The molecule has 0 aliphatic heterocycles. The minimum absolute atomic E-state index is 0.0470. The number of nitrogens with zero attached hydrogens (tertiary/aromatic N) is 3. The van der Waals surface area contributed by atoms with Crippen molar-refractivity contribution in [1.82, 2.24) is 25.9 Å². The van der Waals surface area contributed by atoms with Crippen LogP contribution < -0.4 is 11.1 Å². The summed E-state index contributed by atoms with van der Waals surface area (Å²) < 4.78 is 0. The highest BCUT2D eigenvalue weighted by molar-refractivity contribution is 5.77. The molecule has 2 rings (SSSR count). The molecule has 0 radical (unpaired) electrons. The van der Waals surface area contributed by atoms with Crippen LogP contribution in [0.1, 0.15) is 37.9 Å². The Labute approximate surface area is 93.2 Å². The molecule has 0 saturated heterocycles. The van der Waals surface area contributed by atoms with Gasteiger partial charge < -0.3 is 11.1 Å². The third-order valence-electron chi connectivity index (χ3n) is 2.94. The number of tetrazole rings is 1. The Balaban J connectivity index is 1.76. The smallest absolute Gasteiger partial charge is 0.222 e. The summed E-state index contributed by atoms with van der Waals surface area (Å²) in [6.07, 6.45) is 4.49. The zero-order chi connectivity index (χ0) is 11.4. The number of amides is 1. The summed E-state index contributed by atoms with van der Waals surface area (Å²) >= 11 is 0. The number of carbonyl (C=O) groups is 1. The van der Waals surface area contributed by atoms with Crippen LogP contribution in [0.3, 0.4) is 0 Å². The van der Waals surface area contributed by atoms with Gasteiger partial charge in [-0.05, 0) is 12.8 Å². The number of H-pyrrole nitrogens is 1. The number of aromatic amines is 1. The molecule has 0 aromatic carbocycles. The van der Waals surface area contributed by atoms with Gasteiger partial charge in [0.1, 0.15) is 0 Å². The van der Waals surface area contributed by atoms with E-state index in [-0.39, 0.29) is 11.4 Å². The maximum Gasteiger partial charge on any atom is 0.222 e. The molecule has 4 N–H and O–H groups in total. The fraction of sp³-hybridized carbons (Fsp3) is 0.778. The first-order chi connectivity index (χ1) is 7.68. The van der Waals surface area contributed by atoms with Gasteiger partial charge in [-0.1, -0.05) is 18.1 Å². The second kappa shape index (κ2) is 4.56. The molecule has 1 heterocycles. The van der Waals surface area contributed by atoms with Gasteiger partial charge >= 0.3 is 0 Å². The fourth-order valence-corrected chi connectivity index (χ4v) is 2.07. The Bertz CT molecular complexity index is 343. The molecule has 1 fully saturated rings. The van der Waals surface area contributed by atoms with E-state index in [0.717, 1.165) is 25.7 Å². The first kappa shape index (κ1) is 11.0. The molecule has 0 bridgehead atoms. The van der Waals surface area contributed by atoms with Crippen molar-refractivity contribution in [2.24, 2.45) is 5.73 Å². The van der Waals surface area contributed by atoms with E-state index in [1.165, 1.54) is 0 Å². The second-order valence-corrected chi connectivity index (χ2v) is 4.35. The summed E-state index contributed by atoms with van der Waals surface area (Å²) in [6.45, 7) is 0.297. The normalized spacial score (nSPS) is 18.6. The first-order valence-electron chi connectivity index (χ1n) is 5.46. The zero-order valence-corrected chi connectivity index (χ0v) is 9.07. The minimum atomic E-state index is -0.304. The van der Waals surface area contributed by atoms with Crippen LogP contribution in [0.5, 0.6) is 0 Å². The number of nitrogens with two attached hydrogens (primary N) is 1. The predicted molar refractivity (Wildman–Crippen MR) is 56.0 cm³/mol. The molecule has 1 aromatic heterocycles. The summed E-state index contributed by atoms with van der Waals surface area (Å²) in [5.74, 6) is 0.431. The molecule has 7 nitrogen and oxygen atoms in total. The lowest BCUT2D eigenvalue weighted by atomic mass is 9.94. The lowest BCUT2D eigenvalue weighted by Gasteiger charge is -2.22. The molecule has 1 saturated carbocycles. The Hall–Kier alpha value is -1.50. The average Bonchev–Trinajstić information content (AvgIpc) is 2.86. The summed E-state index contributed by atoms with van der Waals surface area (Å²) in [7, 11) is 0. The molecule has 16 heavy (non-hydrogen) atoms. The van der Waals surface area contributed by atoms with Crippen LogP contribution in [0.4, 0.5) is 0 Å². The van der Waals surface area contributed by atoms with Gasteiger partial charge in [0.2, 0.25) is 5.91 Å². The Morgan fingerprint density at radius 1 is 1.50 bits per heavy atom. The number of rotatable bonds is 4. The van der Waals surface area contributed by atoms with Crippen LogP contribution >= 0.6 is 0 Å². The first-order valence-corrected chi connectivity index (χ1v) is 5.46. The van der Waals surface area contributed by atoms with Crippen molar-refractivity contribution in [3.63, 3.8) is 0 Å². The van der Waals surface area contributed by atoms with Gasteiger partial charge in [0.15, 0.2) is 5.82 Å². The van der Waals surface area contributed by atoms with E-state index in [4.69, 9.17) is 5.73 Å². The van der Waals surface area contributed by atoms with Crippen molar-refractivity contribution in [2.45, 2.75) is 44.2 Å². The molecule has 1 aliphatic carbocycles. The number of carbonyl (C=O) groups excluding carboxylic acids is 1. The Kier molecular flexibility index (Phi) is 3.14. The van der Waals surface area contributed by atoms with E-state index in [2.05, 4.69) is 25.9 Å². The van der Waals surface area contributed by atoms with Gasteiger partial charge in [-0.2, -0.15) is 5.21 Å². The largest absolute Gasteiger partial charge is 0.349 e. The minimum Gasteiger partial charge on any atom is -0.349 e. The molecule has 1 amide bonds. The lowest BCUT2D eigenvalue weighted by Crippen LogP contribution is -2.42. The van der Waals surface area contributed by atoms with Crippen LogP contribution in [0.15, 0.2) is 0 Å². The zero-order valence-electron chi connectivity index (χ0n) is 9.07. The number of hydrogen-bond acceptors (Lipinski definition) is 5. The Morgan fingerprint density at radius 2 is 2.25 bits per heavy atom. The number of hydrogen-bond donors (Lipinski definition) is 3. The van der Waals surface area contributed by atoms with Crippen LogP contribution in [-0.4, -0.2) is 32.1 Å². The fourth-order valence-electron chi connectivity index (χ4n) is 2.07. The van der Waals surface area contributed by atoms with Crippen molar-refractivity contribution in [3.05, 3.63) is 5.82 Å². The number of aromatic nitrogens is 4. The molecule has 1 aliphatic rings. The van der Waals surface area contributed by atoms with Crippen molar-refractivity contribution < 1.29 is 4.79 Å². The van der Waals surface area contributed by atoms with Gasteiger partial charge in [0, 0.05) is 12.0 Å². The van der Waals surface area contributed by atoms with Crippen molar-refractivity contribution in [3.8, 4) is 0 Å². The SMILES string of the molecule is NC1(CC(=O)NCc2nn[nH]n2)CCCC1. The van der Waals surface area contributed by atoms with E-state index in [9.17, 15) is 4.79 Å². The van der Waals surface area contributed by atoms with Crippen LogP contribution in [0.2, 0.25) is 0 Å². The highest BCUT2D eigenvalue weighted by Crippen LogP contribution is 2.29. The maximum atomic E-state index is 11.6. The highest BCUT2D eigenvalue weighted by Gasteiger charge is 2.31. The monoisotopic (exact) mass is 224 g/mol. The van der Waals surface area contributed by atoms with Gasteiger partial charge in [-0.15, -0.1) is 10.2 Å². The van der Waals surface area contributed by atoms with Gasteiger partial charge in [-0.3, -0.25) is 4.79 Å². The topological polar surface area (TPSA) is 110 Å². The molecular weight excluding hydrogens is 208 g/mol. The van der Waals surface area contributed by atoms with E-state index < -0.39 is 0 Å². The maximum absolute atomic E-state index is 11.6. The molecule has 0 unspecified atom stereocenters. The molecule has 7 heteroatoms. The van der Waals surface area contributed by atoms with Crippen molar-refractivity contribution in [2.75, 3.05) is 0 Å². The van der Waals surface area contributed by atoms with Gasteiger partial charge in [0.05, 0.1) is 6.54 Å². The molecule has 1 aromatic rings. The standard InChI is InChI=1S/C9H16N6O/c10-9(3-1-2-4-9)5-8(16)11-6-7-12-14-15-13-7/h1-6,10H2,(H,11,16)(H,12,13,14,15). The molecular formula is C9H16N6O. The average molecular weight is 224 g/mol. The summed E-state index contributed by atoms with van der Waals surface area (Å²) in [4.78, 5) is 11.6. The van der Waals surface area contributed by atoms with Gasteiger partial charge in [-0.25, -0.2) is 0 Å². The van der Waals surface area contributed by atoms with Crippen LogP contribution in [-0.2, 0) is 11.3 Å². The van der Waals surface area contributed by atoms with E-state index in [1.54, 1.807) is 0 Å². The molecule has 0 spiro atoms.